The molecule has 2 rings (SSSR count). The summed E-state index contributed by atoms with van der Waals surface area (Å²) < 4.78 is 25.2. The lowest BCUT2D eigenvalue weighted by atomic mass is 10.0. The largest absolute Gasteiger partial charge is 0.465 e. The van der Waals surface area contributed by atoms with Crippen molar-refractivity contribution in [2.24, 2.45) is 5.92 Å². The number of likely N-dealkylation sites (N-methyl/N-ethyl adjacent to an activating group) is 1. The van der Waals surface area contributed by atoms with Crippen LogP contribution in [0.25, 0.3) is 0 Å². The summed E-state index contributed by atoms with van der Waals surface area (Å²) in [4.78, 5) is 24.9. The van der Waals surface area contributed by atoms with E-state index in [9.17, 15) is 18.0 Å². The lowest BCUT2D eigenvalue weighted by Crippen LogP contribution is -2.45. The van der Waals surface area contributed by atoms with Crippen LogP contribution in [-0.2, 0) is 10.0 Å². The second-order valence-corrected chi connectivity index (χ2v) is 9.37. The van der Waals surface area contributed by atoms with E-state index in [2.05, 4.69) is 5.32 Å². The molecule has 0 radical (unpaired) electrons. The highest BCUT2D eigenvalue weighted by Gasteiger charge is 2.40. The summed E-state index contributed by atoms with van der Waals surface area (Å²) in [6, 6.07) is 2.69. The average molecular weight is 396 g/mol. The number of hydrogen-bond acceptors (Lipinski definition) is 5. The number of carbonyl (C=O) groups is 2. The van der Waals surface area contributed by atoms with Gasteiger partial charge in [0.05, 0.1) is 15.5 Å². The maximum atomic E-state index is 12.1. The van der Waals surface area contributed by atoms with Gasteiger partial charge >= 0.3 is 6.09 Å². The van der Waals surface area contributed by atoms with E-state index in [1.54, 1.807) is 12.1 Å². The van der Waals surface area contributed by atoms with E-state index in [0.29, 0.717) is 9.21 Å². The van der Waals surface area contributed by atoms with Crippen molar-refractivity contribution in [1.82, 2.24) is 14.5 Å². The van der Waals surface area contributed by atoms with Crippen LogP contribution in [0.2, 0.25) is 4.34 Å². The van der Waals surface area contributed by atoms with E-state index in [1.165, 1.54) is 7.05 Å². The Morgan fingerprint density at radius 1 is 1.46 bits per heavy atom. The molecule has 0 aliphatic carbocycles. The highest BCUT2D eigenvalue weighted by atomic mass is 35.5. The third kappa shape index (κ3) is 4.38. The normalized spacial score (nSPS) is 21.2. The summed E-state index contributed by atoms with van der Waals surface area (Å²) in [6.07, 6.45) is -0.0412. The molecule has 0 aromatic carbocycles. The van der Waals surface area contributed by atoms with Gasteiger partial charge in [0.25, 0.3) is 5.91 Å². The smallest absolute Gasteiger partial charge is 0.407 e. The van der Waals surface area contributed by atoms with Crippen molar-refractivity contribution in [2.45, 2.75) is 6.04 Å². The molecule has 11 heteroatoms. The van der Waals surface area contributed by atoms with Gasteiger partial charge in [0, 0.05) is 38.6 Å². The molecule has 0 spiro atoms. The van der Waals surface area contributed by atoms with E-state index in [1.807, 2.05) is 0 Å². The SMILES string of the molecule is CN(C1CN(C(=O)O)C[C@H]1CNC(=O)c1ccc(Cl)s1)S(C)(=O)=O. The summed E-state index contributed by atoms with van der Waals surface area (Å²) in [5, 5.41) is 11.9. The van der Waals surface area contributed by atoms with Gasteiger partial charge in [-0.15, -0.1) is 11.3 Å². The predicted octanol–water partition coefficient (Wildman–Crippen LogP) is 1.00. The third-order valence-corrected chi connectivity index (χ3v) is 6.54. The predicted molar refractivity (Wildman–Crippen MR) is 91.1 cm³/mol. The van der Waals surface area contributed by atoms with Crippen LogP contribution in [0.15, 0.2) is 12.1 Å². The fourth-order valence-electron chi connectivity index (χ4n) is 2.62. The molecular weight excluding hydrogens is 378 g/mol. The number of hydrogen-bond donors (Lipinski definition) is 2. The molecule has 0 saturated carbocycles. The quantitative estimate of drug-likeness (QED) is 0.773. The summed E-state index contributed by atoms with van der Waals surface area (Å²) in [6.45, 7) is 0.401. The van der Waals surface area contributed by atoms with Crippen LogP contribution in [-0.4, -0.2) is 73.7 Å². The first-order chi connectivity index (χ1) is 11.1. The zero-order valence-electron chi connectivity index (χ0n) is 13.1. The van der Waals surface area contributed by atoms with Gasteiger partial charge in [0.2, 0.25) is 10.0 Å². The number of halogens is 1. The van der Waals surface area contributed by atoms with Gasteiger partial charge in [-0.2, -0.15) is 4.31 Å². The Kier molecular flexibility index (Phi) is 5.74. The molecular formula is C13H18ClN3O5S2. The molecule has 8 nitrogen and oxygen atoms in total. The Labute approximate surface area is 149 Å². The van der Waals surface area contributed by atoms with Crippen molar-refractivity contribution in [3.8, 4) is 0 Å². The molecule has 24 heavy (non-hydrogen) atoms. The zero-order chi connectivity index (χ0) is 18.1. The number of carboxylic acid groups (broad SMARTS) is 1. The van der Waals surface area contributed by atoms with Crippen molar-refractivity contribution in [3.63, 3.8) is 0 Å². The van der Waals surface area contributed by atoms with Gasteiger partial charge in [-0.05, 0) is 12.1 Å². The minimum Gasteiger partial charge on any atom is -0.465 e. The van der Waals surface area contributed by atoms with Crippen LogP contribution in [0.5, 0.6) is 0 Å². The second kappa shape index (κ2) is 7.26. The van der Waals surface area contributed by atoms with Crippen LogP contribution >= 0.6 is 22.9 Å². The van der Waals surface area contributed by atoms with Crippen LogP contribution < -0.4 is 5.32 Å². The molecule has 1 fully saturated rings. The van der Waals surface area contributed by atoms with Crippen molar-refractivity contribution in [2.75, 3.05) is 32.9 Å². The van der Waals surface area contributed by atoms with Gasteiger partial charge in [0.15, 0.2) is 0 Å². The first kappa shape index (κ1) is 19.0. The van der Waals surface area contributed by atoms with Crippen LogP contribution in [0, 0.1) is 5.92 Å². The Balaban J connectivity index is 2.07. The Bertz CT molecular complexity index is 736. The maximum absolute atomic E-state index is 12.1. The minimum absolute atomic E-state index is 0.0737. The zero-order valence-corrected chi connectivity index (χ0v) is 15.5. The first-order valence-corrected chi connectivity index (χ1v) is 10.1. The lowest BCUT2D eigenvalue weighted by molar-refractivity contribution is 0.0948. The van der Waals surface area contributed by atoms with Crippen LogP contribution in [0.4, 0.5) is 4.79 Å². The average Bonchev–Trinajstić information content (AvgIpc) is 3.09. The Hall–Kier alpha value is -1.36. The third-order valence-electron chi connectivity index (χ3n) is 3.99. The van der Waals surface area contributed by atoms with E-state index in [4.69, 9.17) is 16.7 Å². The van der Waals surface area contributed by atoms with Gasteiger partial charge in [0.1, 0.15) is 0 Å². The number of amides is 2. The molecule has 1 aliphatic heterocycles. The van der Waals surface area contributed by atoms with Crippen LogP contribution in [0.3, 0.4) is 0 Å². The molecule has 1 unspecified atom stereocenters. The highest BCUT2D eigenvalue weighted by Crippen LogP contribution is 2.24. The number of sulfonamides is 1. The molecule has 2 heterocycles. The van der Waals surface area contributed by atoms with Crippen molar-refractivity contribution in [1.29, 1.82) is 0 Å². The molecule has 1 aromatic heterocycles. The topological polar surface area (TPSA) is 107 Å². The van der Waals surface area contributed by atoms with Crippen molar-refractivity contribution >= 4 is 45.0 Å². The number of likely N-dealkylation sites (tertiary alicyclic amines) is 1. The molecule has 2 amide bonds. The number of nitrogens with one attached hydrogen (secondary N) is 1. The van der Waals surface area contributed by atoms with E-state index in [-0.39, 0.29) is 31.5 Å². The van der Waals surface area contributed by atoms with Crippen LogP contribution in [0.1, 0.15) is 9.67 Å². The molecule has 0 bridgehead atoms. The minimum atomic E-state index is -3.47. The molecule has 1 aliphatic rings. The number of carbonyl (C=O) groups excluding carboxylic acids is 1. The maximum Gasteiger partial charge on any atom is 0.407 e. The molecule has 134 valence electrons. The van der Waals surface area contributed by atoms with Gasteiger partial charge in [-0.1, -0.05) is 11.6 Å². The van der Waals surface area contributed by atoms with Gasteiger partial charge in [-0.25, -0.2) is 13.2 Å². The molecule has 1 aromatic rings. The van der Waals surface area contributed by atoms with Crippen molar-refractivity contribution in [3.05, 3.63) is 21.3 Å². The van der Waals surface area contributed by atoms with E-state index in [0.717, 1.165) is 26.8 Å². The standard InChI is InChI=1S/C13H18ClN3O5S2/c1-16(24(2,21)22)9-7-17(13(19)20)6-8(9)5-15-12(18)10-3-4-11(14)23-10/h3-4,8-9H,5-7H2,1-2H3,(H,15,18)(H,19,20)/t8-,9?/m1/s1. The molecule has 2 atom stereocenters. The van der Waals surface area contributed by atoms with E-state index >= 15 is 0 Å². The Morgan fingerprint density at radius 3 is 2.62 bits per heavy atom. The van der Waals surface area contributed by atoms with Crippen molar-refractivity contribution < 1.29 is 23.1 Å². The second-order valence-electron chi connectivity index (χ2n) is 5.61. The lowest BCUT2D eigenvalue weighted by Gasteiger charge is -2.26. The number of nitrogens with zero attached hydrogens (tertiary/aromatic N) is 2. The summed E-state index contributed by atoms with van der Waals surface area (Å²) in [7, 11) is -2.05. The van der Waals surface area contributed by atoms with Gasteiger partial charge < -0.3 is 15.3 Å². The summed E-state index contributed by atoms with van der Waals surface area (Å²) in [5.74, 6) is -0.651. The molecule has 2 N–H and O–H groups in total. The Morgan fingerprint density at radius 2 is 2.12 bits per heavy atom. The molecule has 1 saturated heterocycles. The van der Waals surface area contributed by atoms with E-state index < -0.39 is 22.2 Å². The van der Waals surface area contributed by atoms with Gasteiger partial charge in [-0.3, -0.25) is 4.79 Å². The summed E-state index contributed by atoms with van der Waals surface area (Å²) >= 11 is 6.93. The summed E-state index contributed by atoms with van der Waals surface area (Å²) in [5.41, 5.74) is 0. The highest BCUT2D eigenvalue weighted by molar-refractivity contribution is 7.88. The number of thiophene rings is 1. The number of rotatable bonds is 5. The first-order valence-electron chi connectivity index (χ1n) is 7.04. The fourth-order valence-corrected chi connectivity index (χ4v) is 4.31. The monoisotopic (exact) mass is 395 g/mol. The fraction of sp³-hybridized carbons (Fsp3) is 0.538.